The minimum atomic E-state index is -0.218. The number of carbonyl (C=O) groups excluding carboxylic acids is 1. The number of hydrogen-bond acceptors (Lipinski definition) is 3. The number of hydrogen-bond donors (Lipinski definition) is 0. The summed E-state index contributed by atoms with van der Waals surface area (Å²) in [6.07, 6.45) is 0. The molecule has 1 aromatic rings. The van der Waals surface area contributed by atoms with Crippen molar-refractivity contribution < 1.29 is 14.3 Å². The van der Waals surface area contributed by atoms with Gasteiger partial charge in [0.2, 0.25) is 0 Å². The zero-order chi connectivity index (χ0) is 13.7. The van der Waals surface area contributed by atoms with E-state index in [4.69, 9.17) is 9.47 Å². The van der Waals surface area contributed by atoms with Crippen LogP contribution in [0.4, 0.5) is 0 Å². The standard InChI is InChI=1S/C15H22O3/c1-6-18-13-8-7-12(9-11(13)4)14(10(2)3)15(16)17-5/h7-10,14H,6H2,1-5H3. The smallest absolute Gasteiger partial charge is 0.313 e. The quantitative estimate of drug-likeness (QED) is 0.752. The van der Waals surface area contributed by atoms with Gasteiger partial charge < -0.3 is 9.47 Å². The highest BCUT2D eigenvalue weighted by molar-refractivity contribution is 5.78. The molecule has 0 aliphatic heterocycles. The number of carbonyl (C=O) groups is 1. The van der Waals surface area contributed by atoms with Crippen molar-refractivity contribution in [2.24, 2.45) is 5.92 Å². The molecule has 0 aromatic heterocycles. The molecule has 0 spiro atoms. The van der Waals surface area contributed by atoms with Gasteiger partial charge in [-0.1, -0.05) is 26.0 Å². The number of esters is 1. The normalized spacial score (nSPS) is 12.3. The number of ether oxygens (including phenoxy) is 2. The number of rotatable bonds is 5. The zero-order valence-electron chi connectivity index (χ0n) is 11.8. The van der Waals surface area contributed by atoms with Crippen molar-refractivity contribution in [1.29, 1.82) is 0 Å². The lowest BCUT2D eigenvalue weighted by Gasteiger charge is -2.20. The van der Waals surface area contributed by atoms with Crippen LogP contribution >= 0.6 is 0 Å². The maximum Gasteiger partial charge on any atom is 0.313 e. The Kier molecular flexibility index (Phi) is 5.20. The van der Waals surface area contributed by atoms with Crippen LogP contribution in [0.1, 0.15) is 37.8 Å². The molecule has 1 atom stereocenters. The molecule has 0 radical (unpaired) electrons. The maximum absolute atomic E-state index is 11.8. The van der Waals surface area contributed by atoms with Crippen molar-refractivity contribution in [3.8, 4) is 5.75 Å². The van der Waals surface area contributed by atoms with E-state index in [2.05, 4.69) is 0 Å². The van der Waals surface area contributed by atoms with Crippen molar-refractivity contribution in [2.45, 2.75) is 33.6 Å². The van der Waals surface area contributed by atoms with E-state index in [9.17, 15) is 4.79 Å². The Morgan fingerprint density at radius 3 is 2.44 bits per heavy atom. The van der Waals surface area contributed by atoms with Gasteiger partial charge in [-0.05, 0) is 37.0 Å². The van der Waals surface area contributed by atoms with Crippen molar-refractivity contribution in [3.05, 3.63) is 29.3 Å². The molecule has 0 heterocycles. The molecule has 1 unspecified atom stereocenters. The summed E-state index contributed by atoms with van der Waals surface area (Å²) in [6, 6.07) is 5.87. The van der Waals surface area contributed by atoms with Crippen LogP contribution in [-0.4, -0.2) is 19.7 Å². The summed E-state index contributed by atoms with van der Waals surface area (Å²) in [6.45, 7) is 8.63. The van der Waals surface area contributed by atoms with Crippen LogP contribution in [0, 0.1) is 12.8 Å². The van der Waals surface area contributed by atoms with Gasteiger partial charge in [-0.3, -0.25) is 4.79 Å². The SMILES string of the molecule is CCOc1ccc(C(C(=O)OC)C(C)C)cc1C. The van der Waals surface area contributed by atoms with Crippen LogP contribution in [0.25, 0.3) is 0 Å². The lowest BCUT2D eigenvalue weighted by molar-refractivity contribution is -0.143. The highest BCUT2D eigenvalue weighted by atomic mass is 16.5. The summed E-state index contributed by atoms with van der Waals surface area (Å²) in [5, 5.41) is 0. The monoisotopic (exact) mass is 250 g/mol. The van der Waals surface area contributed by atoms with E-state index in [1.165, 1.54) is 7.11 Å². The topological polar surface area (TPSA) is 35.5 Å². The molecule has 100 valence electrons. The Labute approximate surface area is 109 Å². The van der Waals surface area contributed by atoms with Gasteiger partial charge in [0.05, 0.1) is 19.6 Å². The lowest BCUT2D eigenvalue weighted by atomic mass is 9.87. The van der Waals surface area contributed by atoms with E-state index >= 15 is 0 Å². The first-order valence-electron chi connectivity index (χ1n) is 6.32. The molecule has 1 aromatic carbocycles. The maximum atomic E-state index is 11.8. The first-order valence-corrected chi connectivity index (χ1v) is 6.32. The Bertz CT molecular complexity index is 410. The molecular formula is C15H22O3. The lowest BCUT2D eigenvalue weighted by Crippen LogP contribution is -2.19. The Balaban J connectivity index is 3.07. The van der Waals surface area contributed by atoms with Gasteiger partial charge in [-0.2, -0.15) is 0 Å². The average Bonchev–Trinajstić information content (AvgIpc) is 2.32. The van der Waals surface area contributed by atoms with Crippen molar-refractivity contribution in [1.82, 2.24) is 0 Å². The summed E-state index contributed by atoms with van der Waals surface area (Å²) < 4.78 is 10.4. The second-order valence-corrected chi connectivity index (χ2v) is 4.70. The Hall–Kier alpha value is -1.51. The molecule has 3 heteroatoms. The molecule has 0 amide bonds. The molecule has 0 N–H and O–H groups in total. The van der Waals surface area contributed by atoms with Crippen molar-refractivity contribution in [3.63, 3.8) is 0 Å². The number of benzene rings is 1. The van der Waals surface area contributed by atoms with Crippen molar-refractivity contribution in [2.75, 3.05) is 13.7 Å². The van der Waals surface area contributed by atoms with Crippen LogP contribution in [0.15, 0.2) is 18.2 Å². The first kappa shape index (κ1) is 14.6. The van der Waals surface area contributed by atoms with Gasteiger partial charge in [0.1, 0.15) is 5.75 Å². The third-order valence-electron chi connectivity index (χ3n) is 2.98. The summed E-state index contributed by atoms with van der Waals surface area (Å²) in [5.41, 5.74) is 2.03. The third-order valence-corrected chi connectivity index (χ3v) is 2.98. The van der Waals surface area contributed by atoms with Gasteiger partial charge >= 0.3 is 5.97 Å². The fourth-order valence-electron chi connectivity index (χ4n) is 2.10. The largest absolute Gasteiger partial charge is 0.494 e. The van der Waals surface area contributed by atoms with Gasteiger partial charge in [0, 0.05) is 0 Å². The van der Waals surface area contributed by atoms with Gasteiger partial charge in [0.15, 0.2) is 0 Å². The van der Waals surface area contributed by atoms with Crippen LogP contribution in [-0.2, 0) is 9.53 Å². The molecule has 3 nitrogen and oxygen atoms in total. The average molecular weight is 250 g/mol. The highest BCUT2D eigenvalue weighted by Gasteiger charge is 2.25. The van der Waals surface area contributed by atoms with E-state index in [1.54, 1.807) is 0 Å². The zero-order valence-corrected chi connectivity index (χ0v) is 11.8. The molecule has 0 bridgehead atoms. The molecule has 0 aliphatic carbocycles. The Morgan fingerprint density at radius 1 is 1.33 bits per heavy atom. The molecule has 18 heavy (non-hydrogen) atoms. The number of methoxy groups -OCH3 is 1. The number of aryl methyl sites for hydroxylation is 1. The van der Waals surface area contributed by atoms with E-state index in [0.29, 0.717) is 6.61 Å². The summed E-state index contributed by atoms with van der Waals surface area (Å²) in [5.74, 6) is 0.668. The summed E-state index contributed by atoms with van der Waals surface area (Å²) in [7, 11) is 1.43. The molecule has 1 rings (SSSR count). The predicted octanol–water partition coefficient (Wildman–Crippen LogP) is 3.31. The molecule has 0 saturated heterocycles. The predicted molar refractivity (Wildman–Crippen MR) is 71.9 cm³/mol. The van der Waals surface area contributed by atoms with E-state index in [0.717, 1.165) is 16.9 Å². The molecule has 0 saturated carbocycles. The summed E-state index contributed by atoms with van der Waals surface area (Å²) in [4.78, 5) is 11.8. The van der Waals surface area contributed by atoms with Crippen LogP contribution in [0.5, 0.6) is 5.75 Å². The molecular weight excluding hydrogens is 228 g/mol. The highest BCUT2D eigenvalue weighted by Crippen LogP contribution is 2.29. The van der Waals surface area contributed by atoms with E-state index in [-0.39, 0.29) is 17.8 Å². The second kappa shape index (κ2) is 6.43. The van der Waals surface area contributed by atoms with Crippen LogP contribution in [0.3, 0.4) is 0 Å². The van der Waals surface area contributed by atoms with E-state index < -0.39 is 0 Å². The second-order valence-electron chi connectivity index (χ2n) is 4.70. The van der Waals surface area contributed by atoms with Crippen molar-refractivity contribution >= 4 is 5.97 Å². The van der Waals surface area contributed by atoms with Crippen LogP contribution in [0.2, 0.25) is 0 Å². The summed E-state index contributed by atoms with van der Waals surface area (Å²) >= 11 is 0. The van der Waals surface area contributed by atoms with Gasteiger partial charge in [-0.15, -0.1) is 0 Å². The van der Waals surface area contributed by atoms with Gasteiger partial charge in [0.25, 0.3) is 0 Å². The minimum absolute atomic E-state index is 0.187. The Morgan fingerprint density at radius 2 is 2.00 bits per heavy atom. The van der Waals surface area contributed by atoms with Crippen LogP contribution < -0.4 is 4.74 Å². The van der Waals surface area contributed by atoms with Gasteiger partial charge in [-0.25, -0.2) is 0 Å². The first-order chi connectivity index (χ1) is 8.51. The fourth-order valence-corrected chi connectivity index (χ4v) is 2.10. The third kappa shape index (κ3) is 3.25. The molecule has 0 aliphatic rings. The minimum Gasteiger partial charge on any atom is -0.494 e. The fraction of sp³-hybridized carbons (Fsp3) is 0.533. The molecule has 0 fully saturated rings. The van der Waals surface area contributed by atoms with E-state index in [1.807, 2.05) is 45.9 Å².